The lowest BCUT2D eigenvalue weighted by atomic mass is 9.56. The van der Waals surface area contributed by atoms with Gasteiger partial charge in [0.1, 0.15) is 11.9 Å². The molecule has 0 N–H and O–H groups in total. The minimum Gasteiger partial charge on any atom is -0.464 e. The van der Waals surface area contributed by atoms with Crippen LogP contribution in [0.5, 0.6) is 0 Å². The highest BCUT2D eigenvalue weighted by Crippen LogP contribution is 2.62. The summed E-state index contributed by atoms with van der Waals surface area (Å²) in [5.74, 6) is -0.473. The second kappa shape index (κ2) is 8.67. The van der Waals surface area contributed by atoms with Crippen molar-refractivity contribution in [2.45, 2.75) is 98.1 Å². The zero-order chi connectivity index (χ0) is 25.0. The van der Waals surface area contributed by atoms with Gasteiger partial charge in [-0.3, -0.25) is 14.4 Å². The number of aryl methyl sites for hydroxylation is 1. The molecule has 0 aromatic carbocycles. The first-order valence-electron chi connectivity index (χ1n) is 12.2. The monoisotopic (exact) mass is 472 g/mol. The van der Waals surface area contributed by atoms with E-state index in [2.05, 4.69) is 0 Å². The molecule has 186 valence electrons. The Kier molecular flexibility index (Phi) is 6.30. The number of hydrogen-bond acceptors (Lipinski definition) is 7. The van der Waals surface area contributed by atoms with Crippen molar-refractivity contribution in [1.29, 1.82) is 0 Å². The number of carbonyl (C=O) groups is 3. The molecule has 0 spiro atoms. The van der Waals surface area contributed by atoms with Crippen molar-refractivity contribution in [3.63, 3.8) is 0 Å². The first-order valence-corrected chi connectivity index (χ1v) is 12.2. The van der Waals surface area contributed by atoms with Gasteiger partial charge in [-0.2, -0.15) is 0 Å². The summed E-state index contributed by atoms with van der Waals surface area (Å²) < 4.78 is 23.9. The van der Waals surface area contributed by atoms with E-state index in [-0.39, 0.29) is 36.6 Å². The van der Waals surface area contributed by atoms with Gasteiger partial charge in [-0.05, 0) is 44.7 Å². The first kappa shape index (κ1) is 24.7. The molecule has 1 saturated heterocycles. The molecule has 0 bridgehead atoms. The van der Waals surface area contributed by atoms with Crippen LogP contribution in [0.4, 0.5) is 0 Å². The van der Waals surface area contributed by atoms with E-state index in [1.807, 2.05) is 47.6 Å². The van der Waals surface area contributed by atoms with Crippen LogP contribution in [-0.4, -0.2) is 41.6 Å². The number of Topliss-reactive ketones (excluding diaryl/α,β-unsaturated/α-hetero) is 1. The Bertz CT molecular complexity index is 1030. The highest BCUT2D eigenvalue weighted by molar-refractivity contribution is 5.89. The largest absolute Gasteiger partial charge is 0.464 e. The summed E-state index contributed by atoms with van der Waals surface area (Å²) in [4.78, 5) is 38.8. The molecule has 4 rings (SSSR count). The third kappa shape index (κ3) is 4.23. The Balaban J connectivity index is 1.88. The molecule has 0 amide bonds. The summed E-state index contributed by atoms with van der Waals surface area (Å²) >= 11 is 0. The summed E-state index contributed by atoms with van der Waals surface area (Å²) in [6.07, 6.45) is 3.17. The van der Waals surface area contributed by atoms with Gasteiger partial charge < -0.3 is 18.6 Å². The number of hydrogen-bond donors (Lipinski definition) is 0. The third-order valence-electron chi connectivity index (χ3n) is 7.91. The van der Waals surface area contributed by atoms with Gasteiger partial charge >= 0.3 is 11.9 Å². The van der Waals surface area contributed by atoms with Gasteiger partial charge in [0.2, 0.25) is 0 Å². The van der Waals surface area contributed by atoms with Gasteiger partial charge in [0.05, 0.1) is 23.4 Å². The van der Waals surface area contributed by atoms with Gasteiger partial charge in [0.15, 0.2) is 11.9 Å². The van der Waals surface area contributed by atoms with E-state index in [0.29, 0.717) is 12.8 Å². The number of furan rings is 1. The van der Waals surface area contributed by atoms with Crippen LogP contribution >= 0.6 is 0 Å². The number of fused-ring (bicyclic) bond motifs is 4. The Morgan fingerprint density at radius 3 is 2.56 bits per heavy atom. The van der Waals surface area contributed by atoms with E-state index in [1.165, 1.54) is 6.92 Å². The minimum absolute atomic E-state index is 0.0899. The number of ketones is 1. The molecule has 1 saturated carbocycles. The Hall–Kier alpha value is -2.41. The summed E-state index contributed by atoms with van der Waals surface area (Å²) in [5, 5.41) is 0. The topological polar surface area (TPSA) is 95.3 Å². The van der Waals surface area contributed by atoms with Gasteiger partial charge in [-0.15, -0.1) is 0 Å². The highest BCUT2D eigenvalue weighted by atomic mass is 16.6. The SMILES string of the molecule is CC(=O)O[C@@H]1C[C@@H]2O[C@]2(C)[C@H]2Cc3c(C)coc3/C=C(/C)CC(=O)[C@@H](OC(=O)CC(C)C)[C@@]21C. The predicted octanol–water partition coefficient (Wildman–Crippen LogP) is 4.58. The van der Waals surface area contributed by atoms with Crippen molar-refractivity contribution in [3.05, 3.63) is 28.7 Å². The van der Waals surface area contributed by atoms with E-state index in [1.54, 1.807) is 6.26 Å². The Morgan fingerprint density at radius 1 is 1.21 bits per heavy atom. The fraction of sp³-hybridized carbons (Fsp3) is 0.667. The van der Waals surface area contributed by atoms with Crippen LogP contribution in [0.2, 0.25) is 0 Å². The number of esters is 2. The van der Waals surface area contributed by atoms with Crippen LogP contribution in [0.15, 0.2) is 16.3 Å². The average Bonchev–Trinajstić information content (AvgIpc) is 3.25. The molecule has 2 fully saturated rings. The quantitative estimate of drug-likeness (QED) is 0.467. The predicted molar refractivity (Wildman–Crippen MR) is 125 cm³/mol. The number of epoxide rings is 1. The lowest BCUT2D eigenvalue weighted by Gasteiger charge is -2.50. The second-order valence-corrected chi connectivity index (χ2v) is 11.1. The normalized spacial score (nSPS) is 36.5. The lowest BCUT2D eigenvalue weighted by Crippen LogP contribution is -2.61. The standard InChI is InChI=1S/C27H36O7/c1-14(2)8-24(30)33-25-19(29)9-15(3)10-20-18(16(4)13-31-20)11-21-26(25,6)22(32-17(5)28)12-23-27(21,7)34-23/h10,13-14,21-23,25H,8-9,11-12H2,1-7H3/b15-10-/t21-,22+,23-,25+,26-,27+/m0/s1. The molecule has 6 atom stereocenters. The smallest absolute Gasteiger partial charge is 0.306 e. The first-order chi connectivity index (χ1) is 15.9. The summed E-state index contributed by atoms with van der Waals surface area (Å²) in [6.45, 7) is 13.1. The van der Waals surface area contributed by atoms with Crippen LogP contribution in [-0.2, 0) is 35.0 Å². The van der Waals surface area contributed by atoms with Crippen molar-refractivity contribution in [3.8, 4) is 0 Å². The van der Waals surface area contributed by atoms with Crippen LogP contribution in [0.3, 0.4) is 0 Å². The third-order valence-corrected chi connectivity index (χ3v) is 7.91. The van der Waals surface area contributed by atoms with E-state index in [0.717, 1.165) is 22.5 Å². The van der Waals surface area contributed by atoms with Crippen LogP contribution in [0.25, 0.3) is 6.08 Å². The molecule has 2 heterocycles. The fourth-order valence-electron chi connectivity index (χ4n) is 6.07. The van der Waals surface area contributed by atoms with E-state index in [9.17, 15) is 14.4 Å². The average molecular weight is 473 g/mol. The van der Waals surface area contributed by atoms with Crippen LogP contribution < -0.4 is 0 Å². The maximum absolute atomic E-state index is 13.8. The van der Waals surface area contributed by atoms with Gasteiger partial charge in [0, 0.05) is 37.7 Å². The molecular formula is C27H36O7. The number of rotatable bonds is 4. The summed E-state index contributed by atoms with van der Waals surface area (Å²) in [7, 11) is 0. The molecular weight excluding hydrogens is 436 g/mol. The lowest BCUT2D eigenvalue weighted by molar-refractivity contribution is -0.191. The van der Waals surface area contributed by atoms with Crippen LogP contribution in [0.1, 0.15) is 77.7 Å². The maximum Gasteiger partial charge on any atom is 0.306 e. The van der Waals surface area contributed by atoms with Crippen LogP contribution in [0, 0.1) is 24.2 Å². The number of carbonyl (C=O) groups excluding carboxylic acids is 3. The number of allylic oxidation sites excluding steroid dienone is 1. The fourth-order valence-corrected chi connectivity index (χ4v) is 6.07. The second-order valence-electron chi connectivity index (χ2n) is 11.1. The van der Waals surface area contributed by atoms with Crippen molar-refractivity contribution < 1.29 is 33.0 Å². The minimum atomic E-state index is -1.06. The van der Waals surface area contributed by atoms with Crippen molar-refractivity contribution in [2.24, 2.45) is 17.3 Å². The molecule has 34 heavy (non-hydrogen) atoms. The van der Waals surface area contributed by atoms with E-state index in [4.69, 9.17) is 18.6 Å². The van der Waals surface area contributed by atoms with Gasteiger partial charge in [-0.25, -0.2) is 0 Å². The van der Waals surface area contributed by atoms with E-state index < -0.39 is 35.2 Å². The molecule has 0 unspecified atom stereocenters. The molecule has 3 aliphatic rings. The Labute approximate surface area is 201 Å². The molecule has 1 aliphatic heterocycles. The zero-order valence-electron chi connectivity index (χ0n) is 21.2. The molecule has 0 radical (unpaired) electrons. The van der Waals surface area contributed by atoms with E-state index >= 15 is 0 Å². The van der Waals surface area contributed by atoms with Crippen molar-refractivity contribution >= 4 is 23.8 Å². The maximum atomic E-state index is 13.8. The summed E-state index contributed by atoms with van der Waals surface area (Å²) in [6, 6.07) is 0. The zero-order valence-corrected chi connectivity index (χ0v) is 21.2. The number of ether oxygens (including phenoxy) is 3. The van der Waals surface area contributed by atoms with Gasteiger partial charge in [0.25, 0.3) is 0 Å². The molecule has 1 aromatic rings. The Morgan fingerprint density at radius 2 is 1.91 bits per heavy atom. The molecule has 7 heteroatoms. The van der Waals surface area contributed by atoms with Gasteiger partial charge in [-0.1, -0.05) is 26.3 Å². The molecule has 7 nitrogen and oxygen atoms in total. The van der Waals surface area contributed by atoms with Crippen molar-refractivity contribution in [2.75, 3.05) is 0 Å². The molecule has 2 aliphatic carbocycles. The van der Waals surface area contributed by atoms with Crippen molar-refractivity contribution in [1.82, 2.24) is 0 Å². The summed E-state index contributed by atoms with van der Waals surface area (Å²) in [5.41, 5.74) is 1.37. The highest BCUT2D eigenvalue weighted by Gasteiger charge is 2.72. The molecule has 1 aromatic heterocycles.